The highest BCUT2D eigenvalue weighted by Crippen LogP contribution is 2.24. The molecule has 0 aliphatic heterocycles. The molecule has 2 N–H and O–H groups in total. The molecule has 0 aromatic heterocycles. The van der Waals surface area contributed by atoms with Crippen molar-refractivity contribution >= 4 is 33.3 Å². The first-order valence-corrected chi connectivity index (χ1v) is 8.00. The van der Waals surface area contributed by atoms with E-state index in [0.29, 0.717) is 0 Å². The lowest BCUT2D eigenvalue weighted by molar-refractivity contribution is 0.262. The number of carbonyl (C=O) groups excluding carboxylic acids is 1. The van der Waals surface area contributed by atoms with Crippen molar-refractivity contribution in [3.05, 3.63) is 58.1 Å². The maximum absolute atomic E-state index is 12.1. The van der Waals surface area contributed by atoms with Crippen LogP contribution in [0.25, 0.3) is 0 Å². The molecule has 0 heterocycles. The zero-order chi connectivity index (χ0) is 16.3. The number of anilines is 2. The van der Waals surface area contributed by atoms with E-state index < -0.39 is 0 Å². The quantitative estimate of drug-likeness (QED) is 0.708. The number of rotatable bonds is 2. The smallest absolute Gasteiger partial charge is 0.308 e. The minimum atomic E-state index is -0.242. The third-order valence-electron chi connectivity index (χ3n) is 3.45. The summed E-state index contributed by atoms with van der Waals surface area (Å²) in [6, 6.07) is 13.4. The minimum absolute atomic E-state index is 0.106. The predicted molar refractivity (Wildman–Crippen MR) is 96.7 cm³/mol. The molecule has 22 heavy (non-hydrogen) atoms. The fourth-order valence-electron chi connectivity index (χ4n) is 2.11. The Labute approximate surface area is 140 Å². The van der Waals surface area contributed by atoms with Gasteiger partial charge in [-0.25, -0.2) is 4.79 Å². The van der Waals surface area contributed by atoms with Crippen molar-refractivity contribution in [1.29, 1.82) is 0 Å². The number of amides is 2. The first-order valence-electron chi connectivity index (χ1n) is 7.20. The summed E-state index contributed by atoms with van der Waals surface area (Å²) in [5.74, 6) is 0. The number of nitrogens with one attached hydrogen (secondary N) is 2. The Hall–Kier alpha value is -1.81. The fourth-order valence-corrected chi connectivity index (χ4v) is 2.58. The summed E-state index contributed by atoms with van der Waals surface area (Å²) in [6.07, 6.45) is 0. The molecule has 0 spiro atoms. The van der Waals surface area contributed by atoms with Crippen molar-refractivity contribution < 1.29 is 4.79 Å². The lowest BCUT2D eigenvalue weighted by Gasteiger charge is -2.19. The Kier molecular flexibility index (Phi) is 4.91. The lowest BCUT2D eigenvalue weighted by Crippen LogP contribution is -2.20. The van der Waals surface area contributed by atoms with Crippen LogP contribution >= 0.6 is 15.9 Å². The van der Waals surface area contributed by atoms with E-state index in [1.807, 2.05) is 49.4 Å². The van der Waals surface area contributed by atoms with Crippen LogP contribution in [-0.2, 0) is 5.41 Å². The molecule has 2 rings (SSSR count). The van der Waals surface area contributed by atoms with E-state index in [1.165, 1.54) is 5.56 Å². The summed E-state index contributed by atoms with van der Waals surface area (Å²) in [4.78, 5) is 12.1. The van der Waals surface area contributed by atoms with Crippen molar-refractivity contribution in [3.63, 3.8) is 0 Å². The molecule has 2 aromatic rings. The third-order valence-corrected chi connectivity index (χ3v) is 3.94. The molecular weight excluding hydrogens is 340 g/mol. The average molecular weight is 361 g/mol. The van der Waals surface area contributed by atoms with Gasteiger partial charge in [0.15, 0.2) is 0 Å². The van der Waals surface area contributed by atoms with Crippen LogP contribution in [0.1, 0.15) is 31.9 Å². The molecule has 116 valence electrons. The SMILES string of the molecule is Cc1cc(Br)ccc1NC(=O)Nc1ccc(C(C)(C)C)cc1. The number of hydrogen-bond donors (Lipinski definition) is 2. The van der Waals surface area contributed by atoms with Gasteiger partial charge < -0.3 is 10.6 Å². The van der Waals surface area contributed by atoms with Crippen LogP contribution in [0, 0.1) is 6.92 Å². The van der Waals surface area contributed by atoms with Crippen molar-refractivity contribution in [3.8, 4) is 0 Å². The van der Waals surface area contributed by atoms with Gasteiger partial charge in [0.05, 0.1) is 0 Å². The largest absolute Gasteiger partial charge is 0.323 e. The van der Waals surface area contributed by atoms with Crippen LogP contribution in [0.3, 0.4) is 0 Å². The monoisotopic (exact) mass is 360 g/mol. The van der Waals surface area contributed by atoms with Crippen molar-refractivity contribution in [2.75, 3.05) is 10.6 Å². The Bertz CT molecular complexity index is 672. The molecule has 4 heteroatoms. The molecule has 0 radical (unpaired) electrons. The van der Waals surface area contributed by atoms with Gasteiger partial charge >= 0.3 is 6.03 Å². The first kappa shape index (κ1) is 16.6. The topological polar surface area (TPSA) is 41.1 Å². The van der Waals surface area contributed by atoms with Crippen molar-refractivity contribution in [2.45, 2.75) is 33.1 Å². The Balaban J connectivity index is 2.03. The second kappa shape index (κ2) is 6.53. The van der Waals surface area contributed by atoms with Gasteiger partial charge in [0.1, 0.15) is 0 Å². The summed E-state index contributed by atoms with van der Waals surface area (Å²) in [7, 11) is 0. The number of halogens is 1. The molecule has 0 aliphatic carbocycles. The highest BCUT2D eigenvalue weighted by atomic mass is 79.9. The van der Waals surface area contributed by atoms with Crippen LogP contribution in [0.4, 0.5) is 16.2 Å². The zero-order valence-electron chi connectivity index (χ0n) is 13.3. The van der Waals surface area contributed by atoms with Crippen LogP contribution in [0.5, 0.6) is 0 Å². The standard InChI is InChI=1S/C18H21BrN2O/c1-12-11-14(19)7-10-16(12)21-17(22)20-15-8-5-13(6-9-15)18(2,3)4/h5-11H,1-4H3,(H2,20,21,22). The molecule has 0 bridgehead atoms. The Morgan fingerprint density at radius 2 is 1.64 bits per heavy atom. The average Bonchev–Trinajstić information content (AvgIpc) is 2.41. The van der Waals surface area contributed by atoms with E-state index in [0.717, 1.165) is 21.4 Å². The number of benzene rings is 2. The van der Waals surface area contributed by atoms with Gasteiger partial charge in [-0.3, -0.25) is 0 Å². The second-order valence-corrected chi connectivity index (χ2v) is 7.28. The number of aryl methyl sites for hydroxylation is 1. The molecule has 2 amide bonds. The summed E-state index contributed by atoms with van der Waals surface area (Å²) in [6.45, 7) is 8.45. The third kappa shape index (κ3) is 4.34. The molecule has 0 unspecified atom stereocenters. The lowest BCUT2D eigenvalue weighted by atomic mass is 9.87. The van der Waals surface area contributed by atoms with Crippen molar-refractivity contribution in [1.82, 2.24) is 0 Å². The summed E-state index contributed by atoms with van der Waals surface area (Å²) in [5, 5.41) is 5.71. The van der Waals surface area contributed by atoms with E-state index in [1.54, 1.807) is 0 Å². The zero-order valence-corrected chi connectivity index (χ0v) is 14.9. The van der Waals surface area contributed by atoms with E-state index in [4.69, 9.17) is 0 Å². The number of hydrogen-bond acceptors (Lipinski definition) is 1. The van der Waals surface area contributed by atoms with E-state index in [-0.39, 0.29) is 11.4 Å². The molecule has 0 saturated heterocycles. The number of urea groups is 1. The summed E-state index contributed by atoms with van der Waals surface area (Å²) in [5.41, 5.74) is 3.93. The molecule has 0 saturated carbocycles. The van der Waals surface area contributed by atoms with Crippen LogP contribution in [-0.4, -0.2) is 6.03 Å². The molecule has 0 atom stereocenters. The normalized spacial score (nSPS) is 11.1. The number of carbonyl (C=O) groups is 1. The maximum Gasteiger partial charge on any atom is 0.323 e. The van der Waals surface area contributed by atoms with Gasteiger partial charge in [-0.05, 0) is 53.8 Å². The molecule has 3 nitrogen and oxygen atoms in total. The van der Waals surface area contributed by atoms with E-state index in [2.05, 4.69) is 47.3 Å². The van der Waals surface area contributed by atoms with Crippen LogP contribution < -0.4 is 10.6 Å². The van der Waals surface area contributed by atoms with Gasteiger partial charge in [0.25, 0.3) is 0 Å². The summed E-state index contributed by atoms with van der Waals surface area (Å²) < 4.78 is 0.994. The molecular formula is C18H21BrN2O. The Morgan fingerprint density at radius 3 is 2.18 bits per heavy atom. The van der Waals surface area contributed by atoms with Gasteiger partial charge in [0, 0.05) is 15.8 Å². The second-order valence-electron chi connectivity index (χ2n) is 6.37. The molecule has 0 aliphatic rings. The fraction of sp³-hybridized carbons (Fsp3) is 0.278. The van der Waals surface area contributed by atoms with Crippen LogP contribution in [0.15, 0.2) is 46.9 Å². The van der Waals surface area contributed by atoms with Gasteiger partial charge in [-0.1, -0.05) is 48.8 Å². The molecule has 2 aromatic carbocycles. The Morgan fingerprint density at radius 1 is 1.00 bits per heavy atom. The highest BCUT2D eigenvalue weighted by molar-refractivity contribution is 9.10. The maximum atomic E-state index is 12.1. The molecule has 0 fully saturated rings. The van der Waals surface area contributed by atoms with Gasteiger partial charge in [-0.2, -0.15) is 0 Å². The van der Waals surface area contributed by atoms with Crippen LogP contribution in [0.2, 0.25) is 0 Å². The van der Waals surface area contributed by atoms with Crippen molar-refractivity contribution in [2.24, 2.45) is 0 Å². The summed E-state index contributed by atoms with van der Waals surface area (Å²) >= 11 is 3.41. The highest BCUT2D eigenvalue weighted by Gasteiger charge is 2.13. The van der Waals surface area contributed by atoms with E-state index in [9.17, 15) is 4.79 Å². The minimum Gasteiger partial charge on any atom is -0.308 e. The van der Waals surface area contributed by atoms with E-state index >= 15 is 0 Å². The first-order chi connectivity index (χ1) is 10.3. The van der Waals surface area contributed by atoms with Gasteiger partial charge in [-0.15, -0.1) is 0 Å². The predicted octanol–water partition coefficient (Wildman–Crippen LogP) is 5.70. The van der Waals surface area contributed by atoms with Gasteiger partial charge in [0.2, 0.25) is 0 Å².